The van der Waals surface area contributed by atoms with Gasteiger partial charge in [0.25, 0.3) is 0 Å². The molecule has 0 aliphatic carbocycles. The highest BCUT2D eigenvalue weighted by Crippen LogP contribution is 2.23. The average molecular weight is 418 g/mol. The minimum Gasteiger partial charge on any atom is -0.486 e. The van der Waals surface area contributed by atoms with Crippen LogP contribution in [0.25, 0.3) is 0 Å². The molecule has 0 unspecified atom stereocenters. The van der Waals surface area contributed by atoms with Crippen molar-refractivity contribution in [2.45, 2.75) is 13.2 Å². The van der Waals surface area contributed by atoms with Gasteiger partial charge in [0, 0.05) is 24.8 Å². The van der Waals surface area contributed by atoms with E-state index < -0.39 is 11.8 Å². The van der Waals surface area contributed by atoms with Crippen molar-refractivity contribution in [2.24, 2.45) is 0 Å². The number of urea groups is 1. The van der Waals surface area contributed by atoms with Crippen LogP contribution in [0.15, 0.2) is 59.3 Å². The smallest absolute Gasteiger partial charge is 0.322 e. The monoisotopic (exact) mass is 418 g/mol. The molecule has 3 aromatic rings. The fourth-order valence-electron chi connectivity index (χ4n) is 2.66. The van der Waals surface area contributed by atoms with Gasteiger partial charge in [-0.1, -0.05) is 12.1 Å². The summed E-state index contributed by atoms with van der Waals surface area (Å²) in [6.45, 7) is 0.330. The third-order valence-electron chi connectivity index (χ3n) is 4.08. The highest BCUT2D eigenvalue weighted by atomic mass is 32.1. The number of aliphatic hydroxyl groups is 1. The number of halogens is 2. The van der Waals surface area contributed by atoms with Gasteiger partial charge in [-0.2, -0.15) is 11.3 Å². The molecule has 8 heteroatoms. The summed E-state index contributed by atoms with van der Waals surface area (Å²) in [5.41, 5.74) is 1.79. The first-order valence-corrected chi connectivity index (χ1v) is 9.84. The summed E-state index contributed by atoms with van der Waals surface area (Å²) in [6, 6.07) is 11.4. The highest BCUT2D eigenvalue weighted by Gasteiger charge is 2.15. The first-order valence-electron chi connectivity index (χ1n) is 8.90. The van der Waals surface area contributed by atoms with Gasteiger partial charge in [0.1, 0.15) is 12.4 Å². The Morgan fingerprint density at radius 3 is 2.69 bits per heavy atom. The number of hydrogen-bond donors (Lipinski definition) is 2. The van der Waals surface area contributed by atoms with Crippen molar-refractivity contribution in [2.75, 3.05) is 18.5 Å². The van der Waals surface area contributed by atoms with Gasteiger partial charge in [-0.05, 0) is 52.2 Å². The molecule has 2 amide bonds. The van der Waals surface area contributed by atoms with E-state index in [1.165, 1.54) is 40.5 Å². The maximum atomic E-state index is 14.3. The normalized spacial score (nSPS) is 10.6. The summed E-state index contributed by atoms with van der Waals surface area (Å²) in [7, 11) is 0. The number of ether oxygens (including phenoxy) is 1. The number of carbonyl (C=O) groups is 1. The van der Waals surface area contributed by atoms with Gasteiger partial charge in [0.05, 0.1) is 6.61 Å². The lowest BCUT2D eigenvalue weighted by molar-refractivity contribution is 0.185. The van der Waals surface area contributed by atoms with Crippen LogP contribution in [-0.4, -0.2) is 29.2 Å². The largest absolute Gasteiger partial charge is 0.486 e. The molecular formula is C21H20F2N2O3S. The number of thiophene rings is 1. The summed E-state index contributed by atoms with van der Waals surface area (Å²) >= 11 is 1.52. The van der Waals surface area contributed by atoms with E-state index in [1.807, 2.05) is 16.8 Å². The Kier molecular flexibility index (Phi) is 7.15. The molecule has 5 nitrogen and oxygen atoms in total. The van der Waals surface area contributed by atoms with Crippen molar-refractivity contribution in [1.82, 2.24) is 4.90 Å². The standard InChI is InChI=1S/C21H20F2N2O3S/c22-17-3-1-2-15(10-17)13-28-20-5-4-18(11-19(20)23)24-21(27)25(7-8-26)12-16-6-9-29-14-16/h1-6,9-11,14,26H,7-8,12-13H2,(H,24,27). The first-order chi connectivity index (χ1) is 14.0. The molecule has 0 aliphatic rings. The van der Waals surface area contributed by atoms with Crippen LogP contribution >= 0.6 is 11.3 Å². The van der Waals surface area contributed by atoms with E-state index in [0.717, 1.165) is 11.6 Å². The van der Waals surface area contributed by atoms with Crippen molar-refractivity contribution in [1.29, 1.82) is 0 Å². The van der Waals surface area contributed by atoms with Gasteiger partial charge in [-0.3, -0.25) is 0 Å². The lowest BCUT2D eigenvalue weighted by Gasteiger charge is -2.22. The number of carbonyl (C=O) groups excluding carboxylic acids is 1. The number of hydrogen-bond acceptors (Lipinski definition) is 4. The second-order valence-corrected chi connectivity index (χ2v) is 7.05. The van der Waals surface area contributed by atoms with Crippen LogP contribution < -0.4 is 10.1 Å². The van der Waals surface area contributed by atoms with E-state index in [9.17, 15) is 18.7 Å². The van der Waals surface area contributed by atoms with E-state index in [4.69, 9.17) is 4.74 Å². The molecule has 0 fully saturated rings. The fourth-order valence-corrected chi connectivity index (χ4v) is 3.32. The second-order valence-electron chi connectivity index (χ2n) is 6.27. The molecule has 0 saturated heterocycles. The zero-order valence-electron chi connectivity index (χ0n) is 15.5. The van der Waals surface area contributed by atoms with Crippen LogP contribution in [0.3, 0.4) is 0 Å². The van der Waals surface area contributed by atoms with E-state index in [-0.39, 0.29) is 37.0 Å². The summed E-state index contributed by atoms with van der Waals surface area (Å²) in [5, 5.41) is 15.7. The predicted octanol–water partition coefficient (Wildman–Crippen LogP) is 4.63. The Morgan fingerprint density at radius 2 is 2.00 bits per heavy atom. The molecule has 2 aromatic carbocycles. The van der Waals surface area contributed by atoms with Crippen molar-refractivity contribution in [3.05, 3.63) is 82.1 Å². The van der Waals surface area contributed by atoms with Gasteiger partial charge in [0.2, 0.25) is 0 Å². The second kappa shape index (κ2) is 9.99. The Labute approximate surface area is 171 Å². The average Bonchev–Trinajstić information content (AvgIpc) is 3.20. The van der Waals surface area contributed by atoms with Crippen LogP contribution in [0, 0.1) is 11.6 Å². The van der Waals surface area contributed by atoms with Gasteiger partial charge in [-0.25, -0.2) is 13.6 Å². The van der Waals surface area contributed by atoms with Crippen LogP contribution in [0.4, 0.5) is 19.3 Å². The molecule has 0 spiro atoms. The number of nitrogens with one attached hydrogen (secondary N) is 1. The number of anilines is 1. The number of amides is 2. The van der Waals surface area contributed by atoms with Crippen LogP contribution in [0.5, 0.6) is 5.75 Å². The maximum Gasteiger partial charge on any atom is 0.322 e. The molecule has 3 rings (SSSR count). The van der Waals surface area contributed by atoms with Crippen LogP contribution in [0.2, 0.25) is 0 Å². The van der Waals surface area contributed by atoms with Crippen LogP contribution in [-0.2, 0) is 13.2 Å². The molecule has 1 heterocycles. The molecule has 1 aromatic heterocycles. The quantitative estimate of drug-likeness (QED) is 0.561. The third kappa shape index (κ3) is 6.00. The van der Waals surface area contributed by atoms with E-state index in [1.54, 1.807) is 12.1 Å². The minimum absolute atomic E-state index is 0.00209. The highest BCUT2D eigenvalue weighted by molar-refractivity contribution is 7.07. The first kappa shape index (κ1) is 20.8. The third-order valence-corrected chi connectivity index (χ3v) is 4.81. The maximum absolute atomic E-state index is 14.3. The number of rotatable bonds is 8. The molecule has 0 aliphatic heterocycles. The lowest BCUT2D eigenvalue weighted by Crippen LogP contribution is -2.36. The summed E-state index contributed by atoms with van der Waals surface area (Å²) < 4.78 is 32.9. The molecule has 2 N–H and O–H groups in total. The van der Waals surface area contributed by atoms with Crippen molar-refractivity contribution in [3.63, 3.8) is 0 Å². The van der Waals surface area contributed by atoms with E-state index in [0.29, 0.717) is 12.1 Å². The molecule has 0 radical (unpaired) electrons. The van der Waals surface area contributed by atoms with Crippen molar-refractivity contribution in [3.8, 4) is 5.75 Å². The molecule has 0 bridgehead atoms. The van der Waals surface area contributed by atoms with Crippen molar-refractivity contribution >= 4 is 23.1 Å². The van der Waals surface area contributed by atoms with Gasteiger partial charge in [0.15, 0.2) is 11.6 Å². The van der Waals surface area contributed by atoms with Gasteiger partial charge >= 0.3 is 6.03 Å². The van der Waals surface area contributed by atoms with Crippen LogP contribution in [0.1, 0.15) is 11.1 Å². The van der Waals surface area contributed by atoms with Gasteiger partial charge < -0.3 is 20.1 Å². The Morgan fingerprint density at radius 1 is 1.14 bits per heavy atom. The summed E-state index contributed by atoms with van der Waals surface area (Å²) in [4.78, 5) is 13.9. The number of benzene rings is 2. The number of nitrogens with zero attached hydrogens (tertiary/aromatic N) is 1. The number of aliphatic hydroxyl groups excluding tert-OH is 1. The SMILES string of the molecule is O=C(Nc1ccc(OCc2cccc(F)c2)c(F)c1)N(CCO)Cc1ccsc1. The Hall–Kier alpha value is -2.97. The van der Waals surface area contributed by atoms with E-state index >= 15 is 0 Å². The Bertz CT molecular complexity index is 951. The van der Waals surface area contributed by atoms with Gasteiger partial charge in [-0.15, -0.1) is 0 Å². The molecule has 0 atom stereocenters. The topological polar surface area (TPSA) is 61.8 Å². The minimum atomic E-state index is -0.647. The molecule has 152 valence electrons. The Balaban J connectivity index is 1.61. The predicted molar refractivity (Wildman–Crippen MR) is 108 cm³/mol. The van der Waals surface area contributed by atoms with E-state index in [2.05, 4.69) is 5.32 Å². The zero-order valence-corrected chi connectivity index (χ0v) is 16.3. The van der Waals surface area contributed by atoms with Crippen molar-refractivity contribution < 1.29 is 23.4 Å². The molecule has 0 saturated carbocycles. The lowest BCUT2D eigenvalue weighted by atomic mass is 10.2. The zero-order chi connectivity index (χ0) is 20.6. The fraction of sp³-hybridized carbons (Fsp3) is 0.190. The summed E-state index contributed by atoms with van der Waals surface area (Å²) in [5.74, 6) is -1.04. The summed E-state index contributed by atoms with van der Waals surface area (Å²) in [6.07, 6.45) is 0. The molecule has 29 heavy (non-hydrogen) atoms. The molecular weight excluding hydrogens is 398 g/mol.